The number of hydrogen-bond donors (Lipinski definition) is 1. The molecule has 0 radical (unpaired) electrons. The molecule has 0 aromatic heterocycles. The second kappa shape index (κ2) is 10.5. The molecule has 25 heavy (non-hydrogen) atoms. The highest BCUT2D eigenvalue weighted by Gasteiger charge is 2.26. The molecule has 1 N–H and O–H groups in total. The molecule has 1 saturated carbocycles. The lowest BCUT2D eigenvalue weighted by Crippen LogP contribution is -2.44. The smallest absolute Gasteiger partial charge is 0.246 e. The Hall–Kier alpha value is -1.52. The van der Waals surface area contributed by atoms with Crippen LogP contribution in [0.25, 0.3) is 6.08 Å². The topological polar surface area (TPSA) is 43.8 Å². The Labute approximate surface area is 157 Å². The lowest BCUT2D eigenvalue weighted by Gasteiger charge is -2.36. The molecular weight excluding hydrogens is 336 g/mol. The number of amides is 1. The highest BCUT2D eigenvalue weighted by atomic mass is 35.5. The van der Waals surface area contributed by atoms with E-state index < -0.39 is 0 Å². The molecule has 1 aliphatic rings. The maximum absolute atomic E-state index is 12.7. The molecule has 1 amide bonds. The first-order valence-electron chi connectivity index (χ1n) is 8.88. The van der Waals surface area contributed by atoms with E-state index in [2.05, 4.69) is 11.8 Å². The zero-order valence-electron chi connectivity index (χ0n) is 15.5. The molecule has 0 aliphatic heterocycles. The zero-order chi connectivity index (χ0) is 17.5. The van der Waals surface area contributed by atoms with Crippen LogP contribution in [0.5, 0.6) is 5.75 Å². The van der Waals surface area contributed by atoms with Crippen LogP contribution in [0, 0.1) is 5.92 Å². The number of likely N-dealkylation sites (N-methyl/N-ethyl adjacent to an activating group) is 1. The first kappa shape index (κ1) is 21.5. The van der Waals surface area contributed by atoms with Gasteiger partial charge in [0.25, 0.3) is 0 Å². The Morgan fingerprint density at radius 2 is 1.72 bits per heavy atom. The van der Waals surface area contributed by atoms with Gasteiger partial charge in [0.05, 0.1) is 0 Å². The normalized spacial score (nSPS) is 20.5. The Morgan fingerprint density at radius 1 is 1.12 bits per heavy atom. The van der Waals surface area contributed by atoms with Crippen molar-refractivity contribution in [2.24, 2.45) is 5.92 Å². The van der Waals surface area contributed by atoms with Crippen LogP contribution in [0.2, 0.25) is 0 Å². The van der Waals surface area contributed by atoms with Gasteiger partial charge < -0.3 is 14.9 Å². The van der Waals surface area contributed by atoms with E-state index in [9.17, 15) is 9.90 Å². The number of phenolic OH excluding ortho intramolecular Hbond substituents is 1. The van der Waals surface area contributed by atoms with E-state index in [1.165, 1.54) is 12.8 Å². The molecule has 1 fully saturated rings. The molecule has 0 spiro atoms. The van der Waals surface area contributed by atoms with Gasteiger partial charge in [-0.05, 0) is 69.5 Å². The van der Waals surface area contributed by atoms with Crippen molar-refractivity contribution in [1.82, 2.24) is 9.80 Å². The number of phenols is 1. The summed E-state index contributed by atoms with van der Waals surface area (Å²) in [7, 11) is 4.08. The van der Waals surface area contributed by atoms with Crippen LogP contribution in [-0.4, -0.2) is 54.0 Å². The van der Waals surface area contributed by atoms with Gasteiger partial charge in [-0.1, -0.05) is 19.1 Å². The fourth-order valence-electron chi connectivity index (χ4n) is 3.18. The number of carbonyl (C=O) groups is 1. The molecule has 4 nitrogen and oxygen atoms in total. The quantitative estimate of drug-likeness (QED) is 0.779. The van der Waals surface area contributed by atoms with Gasteiger partial charge in [-0.25, -0.2) is 0 Å². The van der Waals surface area contributed by atoms with Gasteiger partial charge in [0.2, 0.25) is 5.91 Å². The van der Waals surface area contributed by atoms with Crippen LogP contribution in [0.1, 0.15) is 38.2 Å². The van der Waals surface area contributed by atoms with Crippen LogP contribution in [-0.2, 0) is 4.79 Å². The Morgan fingerprint density at radius 3 is 2.28 bits per heavy atom. The number of carbonyl (C=O) groups excluding carboxylic acids is 1. The molecule has 5 heteroatoms. The maximum Gasteiger partial charge on any atom is 0.246 e. The number of aromatic hydroxyl groups is 1. The first-order valence-corrected chi connectivity index (χ1v) is 8.88. The second-order valence-corrected chi connectivity index (χ2v) is 7.17. The van der Waals surface area contributed by atoms with E-state index in [1.54, 1.807) is 18.2 Å². The minimum atomic E-state index is 0. The lowest BCUT2D eigenvalue weighted by atomic mass is 9.86. The number of rotatable bonds is 6. The molecule has 140 valence electrons. The summed E-state index contributed by atoms with van der Waals surface area (Å²) in [5, 5.41) is 9.33. The van der Waals surface area contributed by atoms with Crippen LogP contribution in [0.15, 0.2) is 30.3 Å². The highest BCUT2D eigenvalue weighted by Crippen LogP contribution is 2.27. The summed E-state index contributed by atoms with van der Waals surface area (Å²) in [6.07, 6.45) is 8.12. The van der Waals surface area contributed by atoms with Crippen LogP contribution in [0.3, 0.4) is 0 Å². The summed E-state index contributed by atoms with van der Waals surface area (Å²) in [6.45, 7) is 3.95. The van der Waals surface area contributed by atoms with Crippen LogP contribution in [0.4, 0.5) is 0 Å². The van der Waals surface area contributed by atoms with Crippen molar-refractivity contribution in [2.75, 3.05) is 27.2 Å². The average Bonchev–Trinajstić information content (AvgIpc) is 2.56. The van der Waals surface area contributed by atoms with Gasteiger partial charge in [0, 0.05) is 25.2 Å². The summed E-state index contributed by atoms with van der Waals surface area (Å²) in [5.74, 6) is 1.10. The Kier molecular flexibility index (Phi) is 9.01. The largest absolute Gasteiger partial charge is 0.508 e. The molecule has 0 unspecified atom stereocenters. The Balaban J connectivity index is 0.00000312. The van der Waals surface area contributed by atoms with Crippen molar-refractivity contribution in [1.29, 1.82) is 0 Å². The van der Waals surface area contributed by atoms with Gasteiger partial charge in [0.15, 0.2) is 0 Å². The summed E-state index contributed by atoms with van der Waals surface area (Å²) in [5.41, 5.74) is 0.922. The van der Waals surface area contributed by atoms with Gasteiger partial charge in [-0.15, -0.1) is 12.4 Å². The molecule has 1 aliphatic carbocycles. The van der Waals surface area contributed by atoms with Crippen molar-refractivity contribution < 1.29 is 9.90 Å². The molecular formula is C20H31ClN2O2. The van der Waals surface area contributed by atoms with Crippen molar-refractivity contribution >= 4 is 24.4 Å². The van der Waals surface area contributed by atoms with E-state index in [4.69, 9.17) is 0 Å². The predicted octanol–water partition coefficient (Wildman–Crippen LogP) is 3.80. The fraction of sp³-hybridized carbons (Fsp3) is 0.550. The standard InChI is InChI=1S/C20H30N2O2.ClH/c1-16-4-9-18(10-5-16)22(15-14-21(2)3)20(24)13-8-17-6-11-19(23)12-7-17;/h6-8,11-13,16,18,23H,4-5,9-10,14-15H2,1-3H3;1H. The van der Waals surface area contributed by atoms with E-state index >= 15 is 0 Å². The maximum atomic E-state index is 12.7. The molecule has 2 rings (SSSR count). The number of hydrogen-bond acceptors (Lipinski definition) is 3. The number of nitrogens with zero attached hydrogens (tertiary/aromatic N) is 2. The lowest BCUT2D eigenvalue weighted by molar-refractivity contribution is -0.129. The van der Waals surface area contributed by atoms with Crippen molar-refractivity contribution in [3.63, 3.8) is 0 Å². The van der Waals surface area contributed by atoms with E-state index in [0.29, 0.717) is 6.04 Å². The molecule has 0 saturated heterocycles. The minimum absolute atomic E-state index is 0. The number of halogens is 1. The molecule has 0 atom stereocenters. The molecule has 1 aromatic carbocycles. The third-order valence-electron chi connectivity index (χ3n) is 4.81. The molecule has 1 aromatic rings. The van der Waals surface area contributed by atoms with Gasteiger partial charge in [-0.3, -0.25) is 4.79 Å². The van der Waals surface area contributed by atoms with Gasteiger partial charge in [0.1, 0.15) is 5.75 Å². The first-order chi connectivity index (χ1) is 11.5. The van der Waals surface area contributed by atoms with Crippen LogP contribution >= 0.6 is 12.4 Å². The number of benzene rings is 1. The summed E-state index contributed by atoms with van der Waals surface area (Å²) >= 11 is 0. The monoisotopic (exact) mass is 366 g/mol. The fourth-order valence-corrected chi connectivity index (χ4v) is 3.18. The predicted molar refractivity (Wildman–Crippen MR) is 106 cm³/mol. The van der Waals surface area contributed by atoms with Crippen LogP contribution < -0.4 is 0 Å². The summed E-state index contributed by atoms with van der Waals surface area (Å²) in [4.78, 5) is 16.9. The van der Waals surface area contributed by atoms with Crippen molar-refractivity contribution in [3.05, 3.63) is 35.9 Å². The van der Waals surface area contributed by atoms with E-state index in [-0.39, 0.29) is 24.1 Å². The third kappa shape index (κ3) is 7.09. The minimum Gasteiger partial charge on any atom is -0.508 e. The van der Waals surface area contributed by atoms with Crippen molar-refractivity contribution in [2.45, 2.75) is 38.6 Å². The van der Waals surface area contributed by atoms with E-state index in [1.807, 2.05) is 37.2 Å². The summed E-state index contributed by atoms with van der Waals surface area (Å²) < 4.78 is 0. The third-order valence-corrected chi connectivity index (χ3v) is 4.81. The van der Waals surface area contributed by atoms with Gasteiger partial charge >= 0.3 is 0 Å². The van der Waals surface area contributed by atoms with Gasteiger partial charge in [-0.2, -0.15) is 0 Å². The van der Waals surface area contributed by atoms with E-state index in [0.717, 1.165) is 37.4 Å². The average molecular weight is 367 g/mol. The molecule has 0 heterocycles. The highest BCUT2D eigenvalue weighted by molar-refractivity contribution is 5.92. The SMILES string of the molecule is CC1CCC(N(CCN(C)C)C(=O)C=Cc2ccc(O)cc2)CC1.Cl. The zero-order valence-corrected chi connectivity index (χ0v) is 16.3. The van der Waals surface area contributed by atoms with Crippen molar-refractivity contribution in [3.8, 4) is 5.75 Å². The Bertz CT molecular complexity index is 549. The summed E-state index contributed by atoms with van der Waals surface area (Å²) in [6, 6.07) is 7.25. The molecule has 0 bridgehead atoms. The second-order valence-electron chi connectivity index (χ2n) is 7.17.